The summed E-state index contributed by atoms with van der Waals surface area (Å²) in [6.07, 6.45) is 0. The van der Waals surface area contributed by atoms with Crippen molar-refractivity contribution in [2.24, 2.45) is 0 Å². The summed E-state index contributed by atoms with van der Waals surface area (Å²) in [5.74, 6) is 0.720. The molecule has 0 unspecified atom stereocenters. The molecule has 23 heavy (non-hydrogen) atoms. The Morgan fingerprint density at radius 1 is 1.22 bits per heavy atom. The molecule has 2 aromatic carbocycles. The quantitative estimate of drug-likeness (QED) is 0.729. The maximum atomic E-state index is 12.4. The highest BCUT2D eigenvalue weighted by Crippen LogP contribution is 2.31. The molecule has 5 heteroatoms. The van der Waals surface area contributed by atoms with Gasteiger partial charge in [-0.15, -0.1) is 0 Å². The molecule has 0 atom stereocenters. The number of benzene rings is 2. The van der Waals surface area contributed by atoms with Crippen LogP contribution in [0.4, 0.5) is 5.69 Å². The first kappa shape index (κ1) is 15.4. The number of ether oxygens (including phenoxy) is 1. The van der Waals surface area contributed by atoms with Crippen molar-refractivity contribution >= 4 is 34.2 Å². The first-order valence-electron chi connectivity index (χ1n) is 7.32. The van der Waals surface area contributed by atoms with Crippen LogP contribution in [0.25, 0.3) is 11.0 Å². The van der Waals surface area contributed by atoms with Crippen LogP contribution in [0.5, 0.6) is 5.75 Å². The minimum atomic E-state index is -0.307. The summed E-state index contributed by atoms with van der Waals surface area (Å²) in [7, 11) is 0. The number of hydrogen-bond acceptors (Lipinski definition) is 3. The van der Waals surface area contributed by atoms with E-state index in [9.17, 15) is 4.79 Å². The van der Waals surface area contributed by atoms with Crippen molar-refractivity contribution in [1.29, 1.82) is 0 Å². The zero-order valence-corrected chi connectivity index (χ0v) is 13.6. The minimum absolute atomic E-state index is 0.266. The van der Waals surface area contributed by atoms with Crippen LogP contribution < -0.4 is 10.1 Å². The molecule has 0 spiro atoms. The molecule has 4 nitrogen and oxygen atoms in total. The Morgan fingerprint density at radius 3 is 2.61 bits per heavy atom. The molecule has 1 heterocycles. The second-order valence-electron chi connectivity index (χ2n) is 5.08. The van der Waals surface area contributed by atoms with Gasteiger partial charge in [0.25, 0.3) is 5.91 Å². The zero-order chi connectivity index (χ0) is 16.4. The maximum Gasteiger partial charge on any atom is 0.291 e. The van der Waals surface area contributed by atoms with E-state index in [0.717, 1.165) is 16.7 Å². The van der Waals surface area contributed by atoms with Crippen LogP contribution >= 0.6 is 11.6 Å². The Bertz CT molecular complexity index is 853. The number of nitrogens with one attached hydrogen (secondary N) is 1. The van der Waals surface area contributed by atoms with Gasteiger partial charge in [0.2, 0.25) is 0 Å². The SMILES string of the molecule is CCOc1ccc(NC(=O)c2oc3c(Cl)cccc3c2C)cc1. The predicted molar refractivity (Wildman–Crippen MR) is 91.5 cm³/mol. The predicted octanol–water partition coefficient (Wildman–Crippen LogP) is 5.05. The van der Waals surface area contributed by atoms with Crippen molar-refractivity contribution in [2.45, 2.75) is 13.8 Å². The largest absolute Gasteiger partial charge is 0.494 e. The minimum Gasteiger partial charge on any atom is -0.494 e. The molecule has 0 saturated carbocycles. The van der Waals surface area contributed by atoms with Gasteiger partial charge in [0.1, 0.15) is 5.75 Å². The van der Waals surface area contributed by atoms with Crippen LogP contribution in [0.2, 0.25) is 5.02 Å². The van der Waals surface area contributed by atoms with E-state index in [-0.39, 0.29) is 11.7 Å². The Morgan fingerprint density at radius 2 is 1.96 bits per heavy atom. The number of para-hydroxylation sites is 1. The third kappa shape index (κ3) is 3.03. The van der Waals surface area contributed by atoms with E-state index in [4.69, 9.17) is 20.8 Å². The number of rotatable bonds is 4. The lowest BCUT2D eigenvalue weighted by Gasteiger charge is -2.06. The number of carbonyl (C=O) groups excluding carboxylic acids is 1. The van der Waals surface area contributed by atoms with Gasteiger partial charge in [-0.3, -0.25) is 4.79 Å². The molecule has 0 saturated heterocycles. The highest BCUT2D eigenvalue weighted by molar-refractivity contribution is 6.35. The van der Waals surface area contributed by atoms with Crippen LogP contribution in [-0.4, -0.2) is 12.5 Å². The Hall–Kier alpha value is -2.46. The van der Waals surface area contributed by atoms with Gasteiger partial charge in [-0.25, -0.2) is 0 Å². The highest BCUT2D eigenvalue weighted by Gasteiger charge is 2.19. The van der Waals surface area contributed by atoms with Crippen LogP contribution in [-0.2, 0) is 0 Å². The average molecular weight is 330 g/mol. The molecule has 3 aromatic rings. The lowest BCUT2D eigenvalue weighted by atomic mass is 10.1. The number of amides is 1. The summed E-state index contributed by atoms with van der Waals surface area (Å²) >= 11 is 6.11. The van der Waals surface area contributed by atoms with Gasteiger partial charge in [-0.05, 0) is 44.2 Å². The fourth-order valence-corrected chi connectivity index (χ4v) is 2.63. The van der Waals surface area contributed by atoms with E-state index >= 15 is 0 Å². The topological polar surface area (TPSA) is 51.5 Å². The van der Waals surface area contributed by atoms with Crippen molar-refractivity contribution in [1.82, 2.24) is 0 Å². The van der Waals surface area contributed by atoms with Crippen LogP contribution in [0, 0.1) is 6.92 Å². The van der Waals surface area contributed by atoms with E-state index in [1.165, 1.54) is 0 Å². The summed E-state index contributed by atoms with van der Waals surface area (Å²) in [5.41, 5.74) is 1.97. The number of anilines is 1. The van der Waals surface area contributed by atoms with E-state index in [1.807, 2.05) is 38.1 Å². The van der Waals surface area contributed by atoms with E-state index in [2.05, 4.69) is 5.32 Å². The third-order valence-electron chi connectivity index (χ3n) is 3.55. The molecule has 1 N–H and O–H groups in total. The van der Waals surface area contributed by atoms with Gasteiger partial charge in [0, 0.05) is 16.6 Å². The summed E-state index contributed by atoms with van der Waals surface area (Å²) in [5, 5.41) is 4.15. The molecular weight excluding hydrogens is 314 g/mol. The van der Waals surface area contributed by atoms with Crippen molar-refractivity contribution in [3.63, 3.8) is 0 Å². The molecule has 0 fully saturated rings. The molecule has 3 rings (SSSR count). The molecule has 1 amide bonds. The second-order valence-corrected chi connectivity index (χ2v) is 5.49. The average Bonchev–Trinajstić information content (AvgIpc) is 2.88. The van der Waals surface area contributed by atoms with Gasteiger partial charge >= 0.3 is 0 Å². The Labute approximate surface area is 139 Å². The fourth-order valence-electron chi connectivity index (χ4n) is 2.41. The monoisotopic (exact) mass is 329 g/mol. The van der Waals surface area contributed by atoms with Crippen LogP contribution in [0.3, 0.4) is 0 Å². The lowest BCUT2D eigenvalue weighted by molar-refractivity contribution is 0.0998. The van der Waals surface area contributed by atoms with Crippen LogP contribution in [0.15, 0.2) is 46.9 Å². The molecule has 0 radical (unpaired) electrons. The maximum absolute atomic E-state index is 12.4. The lowest BCUT2D eigenvalue weighted by Crippen LogP contribution is -2.12. The molecule has 1 aromatic heterocycles. The Balaban J connectivity index is 1.86. The molecular formula is C18H16ClNO3. The van der Waals surface area contributed by atoms with E-state index < -0.39 is 0 Å². The first-order valence-corrected chi connectivity index (χ1v) is 7.69. The Kier molecular flexibility index (Phi) is 4.26. The van der Waals surface area contributed by atoms with Gasteiger partial charge in [0.15, 0.2) is 11.3 Å². The summed E-state index contributed by atoms with van der Waals surface area (Å²) in [4.78, 5) is 12.4. The molecule has 0 bridgehead atoms. The number of fused-ring (bicyclic) bond motifs is 1. The van der Waals surface area contributed by atoms with Crippen molar-refractivity contribution in [2.75, 3.05) is 11.9 Å². The van der Waals surface area contributed by atoms with Crippen molar-refractivity contribution in [3.8, 4) is 5.75 Å². The number of furan rings is 1. The fraction of sp³-hybridized carbons (Fsp3) is 0.167. The van der Waals surface area contributed by atoms with Gasteiger partial charge in [-0.2, -0.15) is 0 Å². The van der Waals surface area contributed by atoms with Crippen LogP contribution in [0.1, 0.15) is 23.0 Å². The second kappa shape index (κ2) is 6.34. The highest BCUT2D eigenvalue weighted by atomic mass is 35.5. The number of carbonyl (C=O) groups is 1. The summed E-state index contributed by atoms with van der Waals surface area (Å²) < 4.78 is 11.0. The zero-order valence-electron chi connectivity index (χ0n) is 12.9. The van der Waals surface area contributed by atoms with Gasteiger partial charge in [-0.1, -0.05) is 23.7 Å². The number of hydrogen-bond donors (Lipinski definition) is 1. The summed E-state index contributed by atoms with van der Waals surface area (Å²) in [6, 6.07) is 12.6. The number of aryl methyl sites for hydroxylation is 1. The van der Waals surface area contributed by atoms with Gasteiger partial charge in [0.05, 0.1) is 11.6 Å². The normalized spacial score (nSPS) is 10.7. The van der Waals surface area contributed by atoms with E-state index in [1.54, 1.807) is 18.2 Å². The smallest absolute Gasteiger partial charge is 0.291 e. The first-order chi connectivity index (χ1) is 11.1. The number of halogens is 1. The summed E-state index contributed by atoms with van der Waals surface area (Å²) in [6.45, 7) is 4.37. The molecule has 0 aliphatic rings. The third-order valence-corrected chi connectivity index (χ3v) is 3.84. The van der Waals surface area contributed by atoms with Crippen molar-refractivity contribution < 1.29 is 13.9 Å². The molecule has 118 valence electrons. The standard InChI is InChI=1S/C18H16ClNO3/c1-3-22-13-9-7-12(8-10-13)20-18(21)16-11(2)14-5-4-6-15(19)17(14)23-16/h4-10H,3H2,1-2H3,(H,20,21). The van der Waals surface area contributed by atoms with E-state index in [0.29, 0.717) is 22.9 Å². The van der Waals surface area contributed by atoms with Gasteiger partial charge < -0.3 is 14.5 Å². The molecule has 0 aliphatic carbocycles. The van der Waals surface area contributed by atoms with Crippen molar-refractivity contribution in [3.05, 3.63) is 58.8 Å². The molecule has 0 aliphatic heterocycles.